The van der Waals surface area contributed by atoms with Crippen LogP contribution in [0.25, 0.3) is 11.4 Å². The number of hydrogen-bond acceptors (Lipinski definition) is 5. The van der Waals surface area contributed by atoms with Crippen molar-refractivity contribution in [2.45, 2.75) is 5.16 Å². The molecule has 1 heterocycles. The maximum atomic E-state index is 12.0. The summed E-state index contributed by atoms with van der Waals surface area (Å²) in [6.07, 6.45) is 1.51. The highest BCUT2D eigenvalue weighted by atomic mass is 79.9. The molecular formula is C18H15BrClN5OS. The minimum absolute atomic E-state index is 0.173. The summed E-state index contributed by atoms with van der Waals surface area (Å²) in [5.41, 5.74) is 4.17. The minimum Gasteiger partial charge on any atom is -0.305 e. The molecule has 0 saturated heterocycles. The predicted octanol–water partition coefficient (Wildman–Crippen LogP) is 4.14. The third-order valence-corrected chi connectivity index (χ3v) is 5.46. The average molecular weight is 465 g/mol. The van der Waals surface area contributed by atoms with Gasteiger partial charge in [-0.15, -0.1) is 10.2 Å². The normalized spacial score (nSPS) is 11.1. The van der Waals surface area contributed by atoms with Gasteiger partial charge >= 0.3 is 0 Å². The molecule has 0 aliphatic rings. The second-order valence-corrected chi connectivity index (χ2v) is 7.74. The number of carbonyl (C=O) groups excluding carboxylic acids is 1. The third-order valence-electron chi connectivity index (χ3n) is 3.57. The number of hydrazone groups is 1. The average Bonchev–Trinajstić information content (AvgIpc) is 3.03. The second-order valence-electron chi connectivity index (χ2n) is 5.48. The van der Waals surface area contributed by atoms with Gasteiger partial charge in [0.1, 0.15) is 0 Å². The molecule has 0 spiro atoms. The summed E-state index contributed by atoms with van der Waals surface area (Å²) in [5, 5.41) is 13.5. The van der Waals surface area contributed by atoms with Crippen molar-refractivity contribution in [2.24, 2.45) is 12.1 Å². The second kappa shape index (κ2) is 9.16. The lowest BCUT2D eigenvalue weighted by molar-refractivity contribution is -0.118. The van der Waals surface area contributed by atoms with Crippen molar-refractivity contribution in [2.75, 3.05) is 5.75 Å². The predicted molar refractivity (Wildman–Crippen MR) is 112 cm³/mol. The molecule has 1 aromatic heterocycles. The van der Waals surface area contributed by atoms with Gasteiger partial charge in [-0.05, 0) is 18.2 Å². The molecule has 0 aliphatic heterocycles. The summed E-state index contributed by atoms with van der Waals surface area (Å²) in [5.74, 6) is 0.672. The summed E-state index contributed by atoms with van der Waals surface area (Å²) >= 11 is 10.7. The van der Waals surface area contributed by atoms with E-state index in [1.165, 1.54) is 18.0 Å². The Hall–Kier alpha value is -2.16. The zero-order valence-corrected chi connectivity index (χ0v) is 17.4. The zero-order valence-electron chi connectivity index (χ0n) is 14.3. The van der Waals surface area contributed by atoms with Crippen LogP contribution in [-0.2, 0) is 11.8 Å². The van der Waals surface area contributed by atoms with E-state index in [0.717, 1.165) is 21.4 Å². The van der Waals surface area contributed by atoms with Crippen LogP contribution in [0.3, 0.4) is 0 Å². The number of amides is 1. The number of nitrogens with one attached hydrogen (secondary N) is 1. The molecule has 2 aromatic carbocycles. The van der Waals surface area contributed by atoms with E-state index in [1.807, 2.05) is 54.1 Å². The Labute approximate surface area is 174 Å². The highest BCUT2D eigenvalue weighted by molar-refractivity contribution is 9.10. The van der Waals surface area contributed by atoms with E-state index >= 15 is 0 Å². The van der Waals surface area contributed by atoms with Crippen LogP contribution in [0.15, 0.2) is 63.3 Å². The van der Waals surface area contributed by atoms with Crippen molar-refractivity contribution in [3.05, 3.63) is 63.6 Å². The van der Waals surface area contributed by atoms with Gasteiger partial charge in [-0.1, -0.05) is 69.6 Å². The van der Waals surface area contributed by atoms with E-state index in [0.29, 0.717) is 10.2 Å². The first kappa shape index (κ1) is 19.6. The number of rotatable bonds is 6. The molecule has 138 valence electrons. The Morgan fingerprint density at radius 1 is 1.26 bits per heavy atom. The molecule has 0 saturated carbocycles. The molecule has 1 N–H and O–H groups in total. The first-order valence-corrected chi connectivity index (χ1v) is 10.0. The number of benzene rings is 2. The van der Waals surface area contributed by atoms with Crippen LogP contribution in [-0.4, -0.2) is 32.6 Å². The third kappa shape index (κ3) is 5.18. The number of nitrogens with zero attached hydrogens (tertiary/aromatic N) is 4. The SMILES string of the molecule is Cn1c(SCC(=O)N/N=C\c2ccccc2Cl)nnc1-c1ccc(Br)cc1. The summed E-state index contributed by atoms with van der Waals surface area (Å²) in [4.78, 5) is 12.0. The van der Waals surface area contributed by atoms with Crippen molar-refractivity contribution in [3.63, 3.8) is 0 Å². The monoisotopic (exact) mass is 463 g/mol. The van der Waals surface area contributed by atoms with Crippen LogP contribution < -0.4 is 5.43 Å². The molecule has 1 amide bonds. The number of aromatic nitrogens is 3. The fourth-order valence-electron chi connectivity index (χ4n) is 2.21. The Morgan fingerprint density at radius 2 is 2.00 bits per heavy atom. The quantitative estimate of drug-likeness (QED) is 0.338. The van der Waals surface area contributed by atoms with E-state index in [4.69, 9.17) is 11.6 Å². The standard InChI is InChI=1S/C18H15BrClN5OS/c1-25-17(12-6-8-14(19)9-7-12)23-24-18(25)27-11-16(26)22-21-10-13-4-2-3-5-15(13)20/h2-10H,11H2,1H3,(H,22,26)/b21-10-. The van der Waals surface area contributed by atoms with E-state index in [1.54, 1.807) is 6.07 Å². The molecule has 0 atom stereocenters. The summed E-state index contributed by atoms with van der Waals surface area (Å²) < 4.78 is 2.85. The highest BCUT2D eigenvalue weighted by Gasteiger charge is 2.12. The lowest BCUT2D eigenvalue weighted by Crippen LogP contribution is -2.19. The molecular weight excluding hydrogens is 450 g/mol. The Balaban J connectivity index is 1.56. The largest absolute Gasteiger partial charge is 0.305 e. The summed E-state index contributed by atoms with van der Waals surface area (Å²) in [7, 11) is 1.87. The van der Waals surface area contributed by atoms with Gasteiger partial charge in [-0.3, -0.25) is 4.79 Å². The molecule has 3 rings (SSSR count). The topological polar surface area (TPSA) is 72.2 Å². The van der Waals surface area contributed by atoms with Gasteiger partial charge in [0, 0.05) is 27.7 Å². The molecule has 0 aliphatic carbocycles. The van der Waals surface area contributed by atoms with E-state index < -0.39 is 0 Å². The maximum absolute atomic E-state index is 12.0. The number of hydrogen-bond donors (Lipinski definition) is 1. The molecule has 0 fully saturated rings. The smallest absolute Gasteiger partial charge is 0.250 e. The Kier molecular flexibility index (Phi) is 6.65. The van der Waals surface area contributed by atoms with Gasteiger partial charge in [-0.2, -0.15) is 5.10 Å². The van der Waals surface area contributed by atoms with Crippen molar-refractivity contribution >= 4 is 51.4 Å². The van der Waals surface area contributed by atoms with E-state index in [2.05, 4.69) is 36.7 Å². The molecule has 0 radical (unpaired) electrons. The molecule has 6 nitrogen and oxygen atoms in total. The van der Waals surface area contributed by atoms with Crippen molar-refractivity contribution < 1.29 is 4.79 Å². The highest BCUT2D eigenvalue weighted by Crippen LogP contribution is 2.23. The van der Waals surface area contributed by atoms with Crippen LogP contribution in [0, 0.1) is 0 Å². The van der Waals surface area contributed by atoms with E-state index in [-0.39, 0.29) is 11.7 Å². The van der Waals surface area contributed by atoms with Crippen molar-refractivity contribution in [1.29, 1.82) is 0 Å². The first-order chi connectivity index (χ1) is 13.0. The van der Waals surface area contributed by atoms with Crippen LogP contribution >= 0.6 is 39.3 Å². The number of thioether (sulfide) groups is 1. The summed E-state index contributed by atoms with van der Waals surface area (Å²) in [6.45, 7) is 0. The van der Waals surface area contributed by atoms with Gasteiger partial charge in [0.25, 0.3) is 5.91 Å². The Morgan fingerprint density at radius 3 is 2.74 bits per heavy atom. The van der Waals surface area contributed by atoms with Gasteiger partial charge in [0.2, 0.25) is 0 Å². The van der Waals surface area contributed by atoms with Gasteiger partial charge in [0.15, 0.2) is 11.0 Å². The molecule has 0 unspecified atom stereocenters. The fraction of sp³-hybridized carbons (Fsp3) is 0.111. The van der Waals surface area contributed by atoms with Crippen molar-refractivity contribution in [3.8, 4) is 11.4 Å². The Bertz CT molecular complexity index is 974. The molecule has 0 bridgehead atoms. The molecule has 3 aromatic rings. The number of halogens is 2. The van der Waals surface area contributed by atoms with Crippen molar-refractivity contribution in [1.82, 2.24) is 20.2 Å². The lowest BCUT2D eigenvalue weighted by atomic mass is 10.2. The van der Waals surface area contributed by atoms with Crippen LogP contribution in [0.1, 0.15) is 5.56 Å². The van der Waals surface area contributed by atoms with Gasteiger partial charge in [0.05, 0.1) is 12.0 Å². The van der Waals surface area contributed by atoms with Gasteiger partial charge in [-0.25, -0.2) is 5.43 Å². The molecule has 9 heteroatoms. The van der Waals surface area contributed by atoms with Gasteiger partial charge < -0.3 is 4.57 Å². The van der Waals surface area contributed by atoms with Crippen LogP contribution in [0.5, 0.6) is 0 Å². The van der Waals surface area contributed by atoms with Crippen LogP contribution in [0.4, 0.5) is 0 Å². The fourth-order valence-corrected chi connectivity index (χ4v) is 3.36. The van der Waals surface area contributed by atoms with Crippen LogP contribution in [0.2, 0.25) is 5.02 Å². The number of carbonyl (C=O) groups is 1. The minimum atomic E-state index is -0.239. The lowest BCUT2D eigenvalue weighted by Gasteiger charge is -2.04. The molecule has 27 heavy (non-hydrogen) atoms. The maximum Gasteiger partial charge on any atom is 0.250 e. The van der Waals surface area contributed by atoms with E-state index in [9.17, 15) is 4.79 Å². The summed E-state index contributed by atoms with van der Waals surface area (Å²) in [6, 6.07) is 15.1. The zero-order chi connectivity index (χ0) is 19.2. The first-order valence-electron chi connectivity index (χ1n) is 7.89.